The number of ether oxygens (including phenoxy) is 2. The zero-order valence-corrected chi connectivity index (χ0v) is 13.0. The van der Waals surface area contributed by atoms with Crippen molar-refractivity contribution in [2.45, 2.75) is 33.2 Å². The van der Waals surface area contributed by atoms with Crippen LogP contribution in [0.5, 0.6) is 17.4 Å². The summed E-state index contributed by atoms with van der Waals surface area (Å²) < 4.78 is 11.2. The maximum absolute atomic E-state index is 5.76. The maximum atomic E-state index is 5.76. The molecule has 2 rings (SSSR count). The van der Waals surface area contributed by atoms with Crippen molar-refractivity contribution >= 4 is 5.82 Å². The highest BCUT2D eigenvalue weighted by Gasteiger charge is 2.10. The number of hydrogen-bond donors (Lipinski definition) is 1. The number of anilines is 1. The van der Waals surface area contributed by atoms with E-state index in [1.54, 1.807) is 0 Å². The molecule has 0 bridgehead atoms. The molecule has 0 saturated carbocycles. The largest absolute Gasteiger partial charge is 0.494 e. The highest BCUT2D eigenvalue weighted by molar-refractivity contribution is 5.41. The molecule has 0 spiro atoms. The van der Waals surface area contributed by atoms with E-state index < -0.39 is 0 Å². The van der Waals surface area contributed by atoms with E-state index in [0.717, 1.165) is 17.3 Å². The molecule has 0 unspecified atom stereocenters. The van der Waals surface area contributed by atoms with Crippen molar-refractivity contribution in [3.05, 3.63) is 42.5 Å². The van der Waals surface area contributed by atoms with E-state index in [1.165, 1.54) is 0 Å². The Hall–Kier alpha value is -2.23. The summed E-state index contributed by atoms with van der Waals surface area (Å²) in [6, 6.07) is 13.2. The second kappa shape index (κ2) is 6.48. The first-order valence-corrected chi connectivity index (χ1v) is 7.12. The van der Waals surface area contributed by atoms with Crippen LogP contribution in [0.2, 0.25) is 0 Å². The highest BCUT2D eigenvalue weighted by atomic mass is 16.5. The van der Waals surface area contributed by atoms with Gasteiger partial charge in [-0.05, 0) is 58.0 Å². The summed E-state index contributed by atoms with van der Waals surface area (Å²) in [6.07, 6.45) is 0. The van der Waals surface area contributed by atoms with Gasteiger partial charge in [-0.3, -0.25) is 0 Å². The van der Waals surface area contributed by atoms with E-state index in [-0.39, 0.29) is 5.54 Å². The van der Waals surface area contributed by atoms with Crippen molar-refractivity contribution in [3.63, 3.8) is 0 Å². The number of rotatable bonds is 5. The van der Waals surface area contributed by atoms with Crippen LogP contribution in [0.25, 0.3) is 0 Å². The second-order valence-electron chi connectivity index (χ2n) is 5.74. The zero-order valence-electron chi connectivity index (χ0n) is 13.0. The molecule has 4 heteroatoms. The Labute approximate surface area is 126 Å². The van der Waals surface area contributed by atoms with Gasteiger partial charge in [0, 0.05) is 11.6 Å². The Balaban J connectivity index is 2.07. The van der Waals surface area contributed by atoms with Crippen molar-refractivity contribution in [1.29, 1.82) is 0 Å². The predicted octanol–water partition coefficient (Wildman–Crippen LogP) is 4.48. The number of aromatic nitrogens is 1. The number of benzene rings is 1. The molecule has 0 aliphatic heterocycles. The average molecular weight is 286 g/mol. The van der Waals surface area contributed by atoms with Gasteiger partial charge < -0.3 is 14.8 Å². The van der Waals surface area contributed by atoms with Gasteiger partial charge in [0.2, 0.25) is 5.88 Å². The smallest absolute Gasteiger partial charge is 0.221 e. The summed E-state index contributed by atoms with van der Waals surface area (Å²) in [5.74, 6) is 2.93. The third-order valence-corrected chi connectivity index (χ3v) is 2.58. The molecule has 0 radical (unpaired) electrons. The summed E-state index contributed by atoms with van der Waals surface area (Å²) in [6.45, 7) is 8.89. The Morgan fingerprint density at radius 3 is 2.29 bits per heavy atom. The van der Waals surface area contributed by atoms with E-state index in [0.29, 0.717) is 12.5 Å². The fraction of sp³-hybridized carbons (Fsp3) is 0.353. The molecule has 0 atom stereocenters. The fourth-order valence-electron chi connectivity index (χ4n) is 1.82. The third-order valence-electron chi connectivity index (χ3n) is 2.58. The van der Waals surface area contributed by atoms with Crippen LogP contribution in [0.4, 0.5) is 5.82 Å². The first-order chi connectivity index (χ1) is 9.96. The van der Waals surface area contributed by atoms with Gasteiger partial charge in [-0.25, -0.2) is 0 Å². The lowest BCUT2D eigenvalue weighted by atomic mass is 10.1. The first-order valence-electron chi connectivity index (χ1n) is 7.12. The minimum Gasteiger partial charge on any atom is -0.494 e. The molecule has 1 heterocycles. The highest BCUT2D eigenvalue weighted by Crippen LogP contribution is 2.24. The van der Waals surface area contributed by atoms with Crippen LogP contribution >= 0.6 is 0 Å². The molecule has 4 nitrogen and oxygen atoms in total. The summed E-state index contributed by atoms with van der Waals surface area (Å²) in [4.78, 5) is 4.45. The molecule has 1 N–H and O–H groups in total. The van der Waals surface area contributed by atoms with Crippen LogP contribution in [0.3, 0.4) is 0 Å². The van der Waals surface area contributed by atoms with Crippen LogP contribution < -0.4 is 14.8 Å². The lowest BCUT2D eigenvalue weighted by Crippen LogP contribution is -2.26. The molecule has 21 heavy (non-hydrogen) atoms. The first kappa shape index (κ1) is 15.2. The Kier molecular flexibility index (Phi) is 4.68. The van der Waals surface area contributed by atoms with Gasteiger partial charge in [0.1, 0.15) is 17.3 Å². The molecule has 0 aliphatic rings. The summed E-state index contributed by atoms with van der Waals surface area (Å²) >= 11 is 0. The molecule has 1 aromatic carbocycles. The monoisotopic (exact) mass is 286 g/mol. The quantitative estimate of drug-likeness (QED) is 0.880. The second-order valence-corrected chi connectivity index (χ2v) is 5.74. The van der Waals surface area contributed by atoms with Crippen LogP contribution in [0.1, 0.15) is 27.7 Å². The standard InChI is InChI=1S/C17H22N2O2/c1-5-20-13-9-11-14(12-10-13)21-16-8-6-7-15(18-16)19-17(2,3)4/h6-12H,5H2,1-4H3,(H,18,19). The molecular formula is C17H22N2O2. The average Bonchev–Trinajstić information content (AvgIpc) is 2.40. The normalized spacial score (nSPS) is 11.0. The van der Waals surface area contributed by atoms with Crippen LogP contribution in [0, 0.1) is 0 Å². The number of nitrogens with zero attached hydrogens (tertiary/aromatic N) is 1. The molecule has 0 amide bonds. The zero-order chi connectivity index (χ0) is 15.3. The maximum Gasteiger partial charge on any atom is 0.221 e. The van der Waals surface area contributed by atoms with Gasteiger partial charge in [0.15, 0.2) is 0 Å². The van der Waals surface area contributed by atoms with E-state index in [1.807, 2.05) is 49.4 Å². The van der Waals surface area contributed by atoms with Crippen LogP contribution in [0.15, 0.2) is 42.5 Å². The van der Waals surface area contributed by atoms with Gasteiger partial charge >= 0.3 is 0 Å². The van der Waals surface area contributed by atoms with Crippen LogP contribution in [-0.4, -0.2) is 17.1 Å². The lowest BCUT2D eigenvalue weighted by molar-refractivity contribution is 0.339. The Morgan fingerprint density at radius 2 is 1.67 bits per heavy atom. The van der Waals surface area contributed by atoms with Crippen molar-refractivity contribution in [1.82, 2.24) is 4.98 Å². The molecule has 0 aliphatic carbocycles. The molecule has 0 saturated heterocycles. The summed E-state index contributed by atoms with van der Waals surface area (Å²) in [7, 11) is 0. The predicted molar refractivity (Wildman–Crippen MR) is 85.3 cm³/mol. The number of hydrogen-bond acceptors (Lipinski definition) is 4. The minimum atomic E-state index is -0.0369. The minimum absolute atomic E-state index is 0.0369. The van der Waals surface area contributed by atoms with Crippen LogP contribution in [-0.2, 0) is 0 Å². The lowest BCUT2D eigenvalue weighted by Gasteiger charge is -2.21. The fourth-order valence-corrected chi connectivity index (χ4v) is 1.82. The van der Waals surface area contributed by atoms with Crippen molar-refractivity contribution in [2.24, 2.45) is 0 Å². The van der Waals surface area contributed by atoms with E-state index in [4.69, 9.17) is 9.47 Å². The Morgan fingerprint density at radius 1 is 1.00 bits per heavy atom. The number of nitrogens with one attached hydrogen (secondary N) is 1. The van der Waals surface area contributed by atoms with Crippen molar-refractivity contribution < 1.29 is 9.47 Å². The summed E-state index contributed by atoms with van der Waals surface area (Å²) in [5.41, 5.74) is -0.0369. The van der Waals surface area contributed by atoms with E-state index in [2.05, 4.69) is 31.1 Å². The van der Waals surface area contributed by atoms with Gasteiger partial charge in [0.05, 0.1) is 6.61 Å². The Bertz CT molecular complexity index is 574. The van der Waals surface area contributed by atoms with Crippen molar-refractivity contribution in [3.8, 4) is 17.4 Å². The molecular weight excluding hydrogens is 264 g/mol. The molecule has 0 fully saturated rings. The van der Waals surface area contributed by atoms with Gasteiger partial charge in [-0.1, -0.05) is 6.07 Å². The molecule has 1 aromatic heterocycles. The summed E-state index contributed by atoms with van der Waals surface area (Å²) in [5, 5.41) is 3.32. The number of pyridine rings is 1. The topological polar surface area (TPSA) is 43.4 Å². The van der Waals surface area contributed by atoms with E-state index in [9.17, 15) is 0 Å². The molecule has 2 aromatic rings. The van der Waals surface area contributed by atoms with Gasteiger partial charge in [-0.15, -0.1) is 0 Å². The van der Waals surface area contributed by atoms with E-state index >= 15 is 0 Å². The van der Waals surface area contributed by atoms with Gasteiger partial charge in [-0.2, -0.15) is 4.98 Å². The third kappa shape index (κ3) is 4.99. The molecule has 112 valence electrons. The van der Waals surface area contributed by atoms with Crippen molar-refractivity contribution in [2.75, 3.05) is 11.9 Å². The van der Waals surface area contributed by atoms with Gasteiger partial charge in [0.25, 0.3) is 0 Å². The SMILES string of the molecule is CCOc1ccc(Oc2cccc(NC(C)(C)C)n2)cc1.